The summed E-state index contributed by atoms with van der Waals surface area (Å²) in [6.07, 6.45) is 44.1. The molecule has 1 saturated heterocycles. The lowest BCUT2D eigenvalue weighted by Gasteiger charge is -2.38. The molecule has 368 valence electrons. The van der Waals surface area contributed by atoms with Crippen LogP contribution in [0.2, 0.25) is 0 Å². The van der Waals surface area contributed by atoms with Crippen molar-refractivity contribution < 1.29 is 53.8 Å². The summed E-state index contributed by atoms with van der Waals surface area (Å²) in [6, 6.07) is 0. The van der Waals surface area contributed by atoms with Crippen LogP contribution in [0.15, 0.2) is 60.8 Å². The second-order valence-electron chi connectivity index (χ2n) is 17.3. The molecule has 6 unspecified atom stereocenters. The van der Waals surface area contributed by atoms with Gasteiger partial charge in [0.15, 0.2) is 18.5 Å². The van der Waals surface area contributed by atoms with Crippen LogP contribution in [0.3, 0.4) is 0 Å². The van der Waals surface area contributed by atoms with Crippen molar-refractivity contribution in [3.8, 4) is 0 Å². The summed E-state index contributed by atoms with van der Waals surface area (Å²) >= 11 is 0. The minimum atomic E-state index is -1.86. The number of carboxylic acids is 1. The van der Waals surface area contributed by atoms with Crippen LogP contribution in [-0.4, -0.2) is 88.4 Å². The summed E-state index contributed by atoms with van der Waals surface area (Å²) in [5.74, 6) is -2.46. The lowest BCUT2D eigenvalue weighted by molar-refractivity contribution is -0.298. The van der Waals surface area contributed by atoms with Gasteiger partial charge >= 0.3 is 17.9 Å². The number of carbonyl (C=O) groups excluding carboxylic acids is 2. The molecule has 11 nitrogen and oxygen atoms in total. The molecule has 0 aliphatic carbocycles. The molecule has 0 spiro atoms. The van der Waals surface area contributed by atoms with Gasteiger partial charge in [-0.1, -0.05) is 177 Å². The van der Waals surface area contributed by atoms with E-state index in [-0.39, 0.29) is 19.4 Å². The number of ether oxygens (including phenoxy) is 4. The van der Waals surface area contributed by atoms with Gasteiger partial charge in [0.25, 0.3) is 0 Å². The van der Waals surface area contributed by atoms with Gasteiger partial charge in [-0.25, -0.2) is 4.79 Å². The predicted molar refractivity (Wildman–Crippen MR) is 257 cm³/mol. The molecule has 0 aromatic rings. The minimum Gasteiger partial charge on any atom is -0.479 e. The van der Waals surface area contributed by atoms with Crippen LogP contribution in [0.5, 0.6) is 0 Å². The smallest absolute Gasteiger partial charge is 0.335 e. The monoisotopic (exact) mass is 903 g/mol. The highest BCUT2D eigenvalue weighted by Gasteiger charge is 2.47. The van der Waals surface area contributed by atoms with Gasteiger partial charge in [-0.15, -0.1) is 0 Å². The first kappa shape index (κ1) is 58.9. The number of aliphatic hydroxyl groups is 3. The highest BCUT2D eigenvalue weighted by molar-refractivity contribution is 5.73. The molecule has 6 atom stereocenters. The van der Waals surface area contributed by atoms with Crippen molar-refractivity contribution in [2.45, 2.75) is 243 Å². The summed E-state index contributed by atoms with van der Waals surface area (Å²) in [6.45, 7) is 3.70. The zero-order valence-corrected chi connectivity index (χ0v) is 40.0. The molecule has 4 N–H and O–H groups in total. The van der Waals surface area contributed by atoms with Crippen LogP contribution >= 0.6 is 0 Å². The maximum absolute atomic E-state index is 12.8. The van der Waals surface area contributed by atoms with Gasteiger partial charge in [0.05, 0.1) is 6.61 Å². The molecule has 64 heavy (non-hydrogen) atoms. The molecule has 1 heterocycles. The Labute approximate surface area is 387 Å². The maximum Gasteiger partial charge on any atom is 0.335 e. The Morgan fingerprint density at radius 3 is 1.41 bits per heavy atom. The molecule has 1 rings (SSSR count). The summed E-state index contributed by atoms with van der Waals surface area (Å²) in [7, 11) is 0. The number of rotatable bonds is 42. The molecule has 0 aromatic heterocycles. The van der Waals surface area contributed by atoms with E-state index in [0.29, 0.717) is 12.8 Å². The first-order valence-electron chi connectivity index (χ1n) is 25.3. The van der Waals surface area contributed by atoms with Crippen molar-refractivity contribution in [3.05, 3.63) is 60.8 Å². The van der Waals surface area contributed by atoms with Crippen LogP contribution in [0.25, 0.3) is 0 Å². The molecule has 1 fully saturated rings. The Balaban J connectivity index is 2.29. The number of allylic oxidation sites excluding steroid dienone is 10. The Bertz CT molecular complexity index is 1290. The second-order valence-corrected chi connectivity index (χ2v) is 17.3. The fourth-order valence-corrected chi connectivity index (χ4v) is 7.39. The molecular formula is C53H90O11. The average Bonchev–Trinajstić information content (AvgIpc) is 3.28. The second kappa shape index (κ2) is 42.5. The molecule has 0 bridgehead atoms. The van der Waals surface area contributed by atoms with E-state index in [4.69, 9.17) is 18.9 Å². The van der Waals surface area contributed by atoms with Gasteiger partial charge in [-0.05, 0) is 77.0 Å². The quantitative estimate of drug-likeness (QED) is 0.0261. The van der Waals surface area contributed by atoms with E-state index in [2.05, 4.69) is 74.6 Å². The molecule has 0 radical (unpaired) electrons. The summed E-state index contributed by atoms with van der Waals surface area (Å²) in [5, 5.41) is 39.9. The third kappa shape index (κ3) is 33.4. The van der Waals surface area contributed by atoms with Crippen LogP contribution in [-0.2, 0) is 33.3 Å². The SMILES string of the molecule is CC/C=C\C/C=C\C/C=C\C/C=C\CCCCCCCCCCCCC(=O)OCC(COC1OC(C(=O)O)C(O)C(O)C1O)OC(=O)CCCCCCC/C=C\CCCCCCCC. The van der Waals surface area contributed by atoms with Crippen molar-refractivity contribution in [1.29, 1.82) is 0 Å². The van der Waals surface area contributed by atoms with Gasteiger partial charge in [-0.2, -0.15) is 0 Å². The average molecular weight is 903 g/mol. The summed E-state index contributed by atoms with van der Waals surface area (Å²) in [4.78, 5) is 37.0. The van der Waals surface area contributed by atoms with E-state index in [1.165, 1.54) is 77.0 Å². The van der Waals surface area contributed by atoms with Gasteiger partial charge in [-0.3, -0.25) is 9.59 Å². The first-order chi connectivity index (χ1) is 31.2. The number of hydrogen-bond donors (Lipinski definition) is 4. The van der Waals surface area contributed by atoms with Crippen molar-refractivity contribution in [2.24, 2.45) is 0 Å². The predicted octanol–water partition coefficient (Wildman–Crippen LogP) is 11.9. The van der Waals surface area contributed by atoms with Crippen molar-refractivity contribution in [3.63, 3.8) is 0 Å². The van der Waals surface area contributed by atoms with Gasteiger partial charge in [0.2, 0.25) is 0 Å². The van der Waals surface area contributed by atoms with Crippen LogP contribution in [0.4, 0.5) is 0 Å². The van der Waals surface area contributed by atoms with E-state index >= 15 is 0 Å². The fraction of sp³-hybridized carbons (Fsp3) is 0.755. The van der Waals surface area contributed by atoms with Gasteiger partial charge in [0.1, 0.15) is 24.9 Å². The lowest BCUT2D eigenvalue weighted by atomic mass is 9.99. The van der Waals surface area contributed by atoms with Gasteiger partial charge in [0, 0.05) is 12.8 Å². The highest BCUT2D eigenvalue weighted by Crippen LogP contribution is 2.23. The Hall–Kier alpha value is -3.09. The number of hydrogen-bond acceptors (Lipinski definition) is 10. The Morgan fingerprint density at radius 2 is 0.922 bits per heavy atom. The Morgan fingerprint density at radius 1 is 0.500 bits per heavy atom. The number of unbranched alkanes of at least 4 members (excludes halogenated alkanes) is 21. The fourth-order valence-electron chi connectivity index (χ4n) is 7.39. The van der Waals surface area contributed by atoms with Crippen LogP contribution < -0.4 is 0 Å². The van der Waals surface area contributed by atoms with E-state index in [0.717, 1.165) is 89.9 Å². The molecule has 1 aliphatic heterocycles. The molecule has 0 amide bonds. The third-order valence-corrected chi connectivity index (χ3v) is 11.4. The summed E-state index contributed by atoms with van der Waals surface area (Å²) < 4.78 is 21.8. The zero-order valence-electron chi connectivity index (χ0n) is 40.0. The largest absolute Gasteiger partial charge is 0.479 e. The molecule has 1 aliphatic rings. The summed E-state index contributed by atoms with van der Waals surface area (Å²) in [5.41, 5.74) is 0. The topological polar surface area (TPSA) is 169 Å². The van der Waals surface area contributed by atoms with E-state index in [9.17, 15) is 34.8 Å². The normalized spacial score (nSPS) is 19.8. The third-order valence-electron chi connectivity index (χ3n) is 11.4. The van der Waals surface area contributed by atoms with Crippen molar-refractivity contribution in [2.75, 3.05) is 13.2 Å². The van der Waals surface area contributed by atoms with Crippen molar-refractivity contribution >= 4 is 17.9 Å². The number of carboxylic acid groups (broad SMARTS) is 1. The maximum atomic E-state index is 12.8. The number of aliphatic carboxylic acids is 1. The van der Waals surface area contributed by atoms with Crippen LogP contribution in [0, 0.1) is 0 Å². The molecule has 0 saturated carbocycles. The number of carbonyl (C=O) groups is 3. The molecule has 11 heteroatoms. The standard InChI is InChI=1S/C53H90O11/c1-3-5-7-9-11-13-15-17-19-20-21-22-23-24-25-26-28-29-31-33-35-37-39-41-46(54)61-43-45(44-62-53-50(58)48(56)49(57)51(64-53)52(59)60)63-47(55)42-40-38-36-34-32-30-27-18-16-14-12-10-8-6-4-2/h5,7,11,13,17-19,21-22,27,45,48-51,53,56-58H,3-4,6,8-10,12,14-16,20,23-26,28-44H2,1-2H3,(H,59,60)/b7-5-,13-11-,19-17-,22-21-,27-18-. The highest BCUT2D eigenvalue weighted by atomic mass is 16.7. The van der Waals surface area contributed by atoms with Crippen LogP contribution in [0.1, 0.15) is 206 Å². The zero-order chi connectivity index (χ0) is 46.7. The molecule has 0 aromatic carbocycles. The number of aliphatic hydroxyl groups excluding tert-OH is 3. The van der Waals surface area contributed by atoms with Crippen molar-refractivity contribution in [1.82, 2.24) is 0 Å². The van der Waals surface area contributed by atoms with Gasteiger partial charge < -0.3 is 39.4 Å². The Kier molecular flexibility index (Phi) is 39.2. The molecular weight excluding hydrogens is 813 g/mol. The van der Waals surface area contributed by atoms with E-state index in [1.807, 2.05) is 0 Å². The lowest BCUT2D eigenvalue weighted by Crippen LogP contribution is -2.60. The van der Waals surface area contributed by atoms with E-state index in [1.54, 1.807) is 0 Å². The minimum absolute atomic E-state index is 0.170. The first-order valence-corrected chi connectivity index (χ1v) is 25.3. The van der Waals surface area contributed by atoms with E-state index < -0.39 is 61.3 Å². The number of esters is 2.